The number of hydrogen-bond acceptors (Lipinski definition) is 6. The minimum Gasteiger partial charge on any atom is -0.460 e. The number of aliphatic hydroxyl groups is 1. The number of halogens is 3. The van der Waals surface area contributed by atoms with Gasteiger partial charge < -0.3 is 15.2 Å². The summed E-state index contributed by atoms with van der Waals surface area (Å²) in [6, 6.07) is 15.1. The summed E-state index contributed by atoms with van der Waals surface area (Å²) in [5.74, 6) is -0.505. The van der Waals surface area contributed by atoms with Crippen LogP contribution in [0, 0.1) is 0 Å². The Morgan fingerprint density at radius 2 is 1.73 bits per heavy atom. The van der Waals surface area contributed by atoms with Crippen LogP contribution in [0.25, 0.3) is 11.0 Å². The molecule has 4 rings (SSSR count). The van der Waals surface area contributed by atoms with Crippen LogP contribution in [0.15, 0.2) is 71.6 Å². The van der Waals surface area contributed by atoms with Crippen molar-refractivity contribution in [1.29, 1.82) is 0 Å². The van der Waals surface area contributed by atoms with Crippen molar-refractivity contribution in [3.63, 3.8) is 0 Å². The van der Waals surface area contributed by atoms with Crippen molar-refractivity contribution >= 4 is 26.8 Å². The average Bonchev–Trinajstić information content (AvgIpc) is 3.31. The van der Waals surface area contributed by atoms with E-state index in [9.17, 15) is 31.5 Å². The zero-order valence-corrected chi connectivity index (χ0v) is 22.6. The van der Waals surface area contributed by atoms with Gasteiger partial charge in [-0.15, -0.1) is 0 Å². The quantitative estimate of drug-likeness (QED) is 0.278. The summed E-state index contributed by atoms with van der Waals surface area (Å²) in [6.45, 7) is 3.54. The lowest BCUT2D eigenvalue weighted by Crippen LogP contribution is -2.30. The predicted octanol–water partition coefficient (Wildman–Crippen LogP) is 4.91. The second kappa shape index (κ2) is 11.7. The third kappa shape index (κ3) is 6.28. The van der Waals surface area contributed by atoms with Crippen molar-refractivity contribution in [2.45, 2.75) is 44.1 Å². The van der Waals surface area contributed by atoms with Gasteiger partial charge in [-0.05, 0) is 60.5 Å². The molecule has 3 aromatic carbocycles. The molecular formula is C28H28F3N3O5S. The van der Waals surface area contributed by atoms with E-state index in [1.807, 2.05) is 6.92 Å². The number of nitrogens with one attached hydrogen (secondary N) is 1. The summed E-state index contributed by atoms with van der Waals surface area (Å²) in [4.78, 5) is 17.6. The summed E-state index contributed by atoms with van der Waals surface area (Å²) in [6.07, 6.45) is -4.42. The zero-order valence-electron chi connectivity index (χ0n) is 21.8. The number of sulfone groups is 1. The topological polar surface area (TPSA) is 111 Å². The fourth-order valence-electron chi connectivity index (χ4n) is 4.15. The highest BCUT2D eigenvalue weighted by Gasteiger charge is 2.30. The number of alkyl halides is 3. The Morgan fingerprint density at radius 1 is 1.05 bits per heavy atom. The van der Waals surface area contributed by atoms with Crippen molar-refractivity contribution < 1.29 is 36.2 Å². The summed E-state index contributed by atoms with van der Waals surface area (Å²) in [5.41, 5.74) is 1.80. The largest absolute Gasteiger partial charge is 0.460 e. The van der Waals surface area contributed by atoms with Gasteiger partial charge in [0.25, 0.3) is 11.9 Å². The average molecular weight is 576 g/mol. The fourth-order valence-corrected chi connectivity index (χ4v) is 5.04. The van der Waals surface area contributed by atoms with E-state index in [1.54, 1.807) is 41.8 Å². The molecule has 0 spiro atoms. The molecule has 0 radical (unpaired) electrons. The lowest BCUT2D eigenvalue weighted by atomic mass is 10.1. The summed E-state index contributed by atoms with van der Waals surface area (Å²) in [5, 5.41) is 12.6. The first-order chi connectivity index (χ1) is 19.0. The maximum atomic E-state index is 13.0. The first-order valence-electron chi connectivity index (χ1n) is 12.5. The fraction of sp³-hybridized carbons (Fsp3) is 0.286. The number of carbonyl (C=O) groups excluding carboxylic acids is 1. The highest BCUT2D eigenvalue weighted by molar-refractivity contribution is 7.91. The number of imidazole rings is 1. The minimum atomic E-state index is -4.42. The predicted molar refractivity (Wildman–Crippen MR) is 143 cm³/mol. The molecule has 4 aromatic rings. The van der Waals surface area contributed by atoms with Crippen molar-refractivity contribution in [3.8, 4) is 6.01 Å². The van der Waals surface area contributed by atoms with Gasteiger partial charge in [-0.2, -0.15) is 18.2 Å². The smallest absolute Gasteiger partial charge is 0.416 e. The van der Waals surface area contributed by atoms with Crippen LogP contribution >= 0.6 is 0 Å². The Hall–Kier alpha value is -3.90. The first-order valence-corrected chi connectivity index (χ1v) is 14.2. The van der Waals surface area contributed by atoms with E-state index >= 15 is 0 Å². The van der Waals surface area contributed by atoms with Crippen LogP contribution in [-0.4, -0.2) is 41.3 Å². The van der Waals surface area contributed by atoms with Gasteiger partial charge in [0.05, 0.1) is 39.9 Å². The molecule has 1 atom stereocenters. The second-order valence-electron chi connectivity index (χ2n) is 9.01. The van der Waals surface area contributed by atoms with E-state index < -0.39 is 40.1 Å². The van der Waals surface area contributed by atoms with E-state index in [0.29, 0.717) is 28.7 Å². The molecule has 0 aliphatic heterocycles. The second-order valence-corrected chi connectivity index (χ2v) is 11.3. The molecular weight excluding hydrogens is 547 g/mol. The van der Waals surface area contributed by atoms with Crippen molar-refractivity contribution in [2.24, 2.45) is 0 Å². The monoisotopic (exact) mass is 575 g/mol. The maximum Gasteiger partial charge on any atom is 0.416 e. The third-order valence-electron chi connectivity index (χ3n) is 6.45. The molecule has 1 heterocycles. The Morgan fingerprint density at radius 3 is 2.30 bits per heavy atom. The van der Waals surface area contributed by atoms with Gasteiger partial charge in [0.15, 0.2) is 9.84 Å². The Kier molecular flexibility index (Phi) is 8.50. The number of ether oxygens (including phenoxy) is 1. The number of carbonyl (C=O) groups is 1. The summed E-state index contributed by atoms with van der Waals surface area (Å²) in [7, 11) is -3.38. The molecule has 0 fully saturated rings. The third-order valence-corrected chi connectivity index (χ3v) is 8.20. The molecule has 212 valence electrons. The maximum absolute atomic E-state index is 13.0. The zero-order chi connectivity index (χ0) is 29.1. The summed E-state index contributed by atoms with van der Waals surface area (Å²) < 4.78 is 70.1. The van der Waals surface area contributed by atoms with Gasteiger partial charge >= 0.3 is 6.18 Å². The van der Waals surface area contributed by atoms with Gasteiger partial charge in [-0.1, -0.05) is 31.2 Å². The van der Waals surface area contributed by atoms with E-state index in [1.165, 1.54) is 24.3 Å². The highest BCUT2D eigenvalue weighted by atomic mass is 32.2. The Labute approximate surface area is 229 Å². The van der Waals surface area contributed by atoms with Crippen LogP contribution in [0.2, 0.25) is 0 Å². The molecule has 1 aromatic heterocycles. The van der Waals surface area contributed by atoms with Crippen LogP contribution < -0.4 is 10.1 Å². The molecule has 0 bridgehead atoms. The number of rotatable bonds is 10. The lowest BCUT2D eigenvalue weighted by molar-refractivity contribution is -0.137. The summed E-state index contributed by atoms with van der Waals surface area (Å²) >= 11 is 0. The number of aromatic nitrogens is 2. The molecule has 0 aliphatic carbocycles. The Bertz CT molecular complexity index is 1600. The first kappa shape index (κ1) is 29.1. The molecule has 12 heteroatoms. The highest BCUT2D eigenvalue weighted by Crippen LogP contribution is 2.29. The SMILES string of the molecule is CCn1c(OCc2ccc(C(F)(F)F)cc2)nc2cc(C(=O)N[C@@H](CO)c3ccc(S(=O)(=O)CC)cc3)ccc21. The van der Waals surface area contributed by atoms with Crippen molar-refractivity contribution in [3.05, 3.63) is 89.0 Å². The molecule has 0 unspecified atom stereocenters. The number of aryl methyl sites for hydroxylation is 1. The Balaban J connectivity index is 1.50. The van der Waals surface area contributed by atoms with E-state index in [-0.39, 0.29) is 28.8 Å². The van der Waals surface area contributed by atoms with Crippen LogP contribution in [-0.2, 0) is 29.2 Å². The van der Waals surface area contributed by atoms with Crippen molar-refractivity contribution in [1.82, 2.24) is 14.9 Å². The molecule has 0 aliphatic rings. The van der Waals surface area contributed by atoms with E-state index in [2.05, 4.69) is 10.3 Å². The van der Waals surface area contributed by atoms with Crippen LogP contribution in [0.1, 0.15) is 46.9 Å². The number of amides is 1. The van der Waals surface area contributed by atoms with Crippen LogP contribution in [0.4, 0.5) is 13.2 Å². The molecule has 0 saturated carbocycles. The number of hydrogen-bond donors (Lipinski definition) is 2. The van der Waals surface area contributed by atoms with Gasteiger partial charge in [0, 0.05) is 12.1 Å². The normalized spacial score (nSPS) is 12.8. The molecule has 8 nitrogen and oxygen atoms in total. The number of fused-ring (bicyclic) bond motifs is 1. The van der Waals surface area contributed by atoms with Crippen molar-refractivity contribution in [2.75, 3.05) is 12.4 Å². The van der Waals surface area contributed by atoms with Crippen LogP contribution in [0.3, 0.4) is 0 Å². The molecule has 2 N–H and O–H groups in total. The number of benzene rings is 3. The van der Waals surface area contributed by atoms with Gasteiger partial charge in [0.2, 0.25) is 0 Å². The number of nitrogens with zero attached hydrogens (tertiary/aromatic N) is 2. The number of aliphatic hydroxyl groups excluding tert-OH is 1. The van der Waals surface area contributed by atoms with E-state index in [0.717, 1.165) is 12.1 Å². The molecule has 40 heavy (non-hydrogen) atoms. The van der Waals surface area contributed by atoms with Gasteiger partial charge in [0.1, 0.15) is 6.61 Å². The van der Waals surface area contributed by atoms with E-state index in [4.69, 9.17) is 4.74 Å². The van der Waals surface area contributed by atoms with Gasteiger partial charge in [-0.3, -0.25) is 9.36 Å². The minimum absolute atomic E-state index is 0.00529. The lowest BCUT2D eigenvalue weighted by Gasteiger charge is -2.17. The van der Waals surface area contributed by atoms with Crippen LogP contribution in [0.5, 0.6) is 6.01 Å². The standard InChI is InChI=1S/C28H28F3N3O5S/c1-3-34-25-14-9-20(26(36)32-24(16-35)19-7-12-22(13-8-19)40(37,38)4-2)15-23(25)33-27(34)39-17-18-5-10-21(11-6-18)28(29,30)31/h5-15,24,35H,3-4,16-17H2,1-2H3,(H,32,36)/t24-/m0/s1. The van der Waals surface area contributed by atoms with Gasteiger partial charge in [-0.25, -0.2) is 8.42 Å². The molecule has 1 amide bonds. The molecule has 0 saturated heterocycles.